The maximum Gasteiger partial charge on any atom is 0.157 e. The van der Waals surface area contributed by atoms with Crippen LogP contribution in [0.25, 0.3) is 0 Å². The normalized spacial score (nSPS) is 9.80. The molecule has 2 nitrogen and oxygen atoms in total. The minimum Gasteiger partial charge on any atom is -0.504 e. The summed E-state index contributed by atoms with van der Waals surface area (Å²) in [5, 5.41) is 8.84. The average molecular weight is 162 g/mol. The summed E-state index contributed by atoms with van der Waals surface area (Å²) >= 11 is 5.35. The molecule has 1 rings (SSSR count). The van der Waals surface area contributed by atoms with Crippen LogP contribution in [-0.4, -0.2) is 5.11 Å². The van der Waals surface area contributed by atoms with Gasteiger partial charge in [0, 0.05) is 6.07 Å². The smallest absolute Gasteiger partial charge is 0.157 e. The van der Waals surface area contributed by atoms with Crippen LogP contribution in [0.1, 0.15) is 0 Å². The van der Waals surface area contributed by atoms with E-state index in [1.54, 1.807) is 0 Å². The number of nitrogen functional groups attached to an aromatic ring is 1. The Morgan fingerprint density at radius 1 is 1.50 bits per heavy atom. The molecule has 0 saturated carbocycles. The summed E-state index contributed by atoms with van der Waals surface area (Å²) in [5.74, 6) is -0.830. The Hall–Kier alpha value is -0.960. The molecule has 0 aliphatic carbocycles. The summed E-state index contributed by atoms with van der Waals surface area (Å²) in [5.41, 5.74) is 5.10. The first-order chi connectivity index (χ1) is 4.61. The third kappa shape index (κ3) is 1.14. The average Bonchev–Trinajstić information content (AvgIpc) is 1.82. The molecule has 54 valence electrons. The highest BCUT2D eigenvalue weighted by molar-refractivity contribution is 6.32. The molecule has 0 amide bonds. The lowest BCUT2D eigenvalue weighted by atomic mass is 10.3. The maximum atomic E-state index is 12.3. The van der Waals surface area contributed by atoms with Crippen LogP contribution in [0.5, 0.6) is 5.75 Å². The van der Waals surface area contributed by atoms with Crippen molar-refractivity contribution in [1.82, 2.24) is 0 Å². The number of nitrogens with two attached hydrogens (primary N) is 1. The lowest BCUT2D eigenvalue weighted by Gasteiger charge is -1.99. The summed E-state index contributed by atoms with van der Waals surface area (Å²) < 4.78 is 12.3. The number of halogens is 2. The first-order valence-electron chi connectivity index (χ1n) is 2.54. The van der Waals surface area contributed by atoms with Gasteiger partial charge in [0.2, 0.25) is 0 Å². The van der Waals surface area contributed by atoms with Gasteiger partial charge in [-0.3, -0.25) is 0 Å². The zero-order valence-electron chi connectivity index (χ0n) is 4.94. The van der Waals surface area contributed by atoms with Gasteiger partial charge in [-0.1, -0.05) is 11.6 Å². The fraction of sp³-hybridized carbons (Fsp3) is 0. The van der Waals surface area contributed by atoms with Crippen LogP contribution < -0.4 is 5.73 Å². The van der Waals surface area contributed by atoms with Gasteiger partial charge >= 0.3 is 0 Å². The number of rotatable bonds is 0. The molecule has 0 saturated heterocycles. The van der Waals surface area contributed by atoms with Crippen molar-refractivity contribution >= 4 is 17.3 Å². The van der Waals surface area contributed by atoms with E-state index in [2.05, 4.69) is 0 Å². The number of phenolic OH excluding ortho intramolecular Hbond substituents is 1. The minimum atomic E-state index is -0.555. The summed E-state index contributed by atoms with van der Waals surface area (Å²) in [4.78, 5) is 0. The van der Waals surface area contributed by atoms with Gasteiger partial charge in [-0.2, -0.15) is 0 Å². The number of hydrogen-bond donors (Lipinski definition) is 2. The quantitative estimate of drug-likeness (QED) is 0.450. The molecule has 0 aliphatic heterocycles. The standard InChI is InChI=1S/C6H5ClFNO/c7-4-1-3(8)2-5(9)6(4)10/h1-2,10H,9H2. The molecule has 10 heavy (non-hydrogen) atoms. The second kappa shape index (κ2) is 2.34. The molecule has 0 fully saturated rings. The highest BCUT2D eigenvalue weighted by Crippen LogP contribution is 2.29. The number of benzene rings is 1. The van der Waals surface area contributed by atoms with E-state index in [1.807, 2.05) is 0 Å². The van der Waals surface area contributed by atoms with Crippen LogP contribution >= 0.6 is 11.6 Å². The van der Waals surface area contributed by atoms with E-state index >= 15 is 0 Å². The van der Waals surface area contributed by atoms with Crippen molar-refractivity contribution in [2.75, 3.05) is 5.73 Å². The summed E-state index contributed by atoms with van der Waals surface area (Å²) in [7, 11) is 0. The van der Waals surface area contributed by atoms with Gasteiger partial charge in [-0.15, -0.1) is 0 Å². The Labute approximate surface area is 62.0 Å². The minimum absolute atomic E-state index is 0.0509. The van der Waals surface area contributed by atoms with Gasteiger partial charge in [0.25, 0.3) is 0 Å². The highest BCUT2D eigenvalue weighted by atomic mass is 35.5. The topological polar surface area (TPSA) is 46.2 Å². The van der Waals surface area contributed by atoms with E-state index < -0.39 is 5.82 Å². The fourth-order valence-corrected chi connectivity index (χ4v) is 0.799. The molecule has 3 N–H and O–H groups in total. The molecule has 1 aromatic carbocycles. The van der Waals surface area contributed by atoms with Crippen LogP contribution in [0.15, 0.2) is 12.1 Å². The van der Waals surface area contributed by atoms with Crippen LogP contribution in [0.3, 0.4) is 0 Å². The molecule has 0 spiro atoms. The van der Waals surface area contributed by atoms with Gasteiger partial charge in [-0.05, 0) is 6.07 Å². The Kier molecular flexibility index (Phi) is 1.68. The first kappa shape index (κ1) is 7.15. The van der Waals surface area contributed by atoms with Crippen LogP contribution in [-0.2, 0) is 0 Å². The zero-order chi connectivity index (χ0) is 7.72. The number of phenols is 1. The Bertz CT molecular complexity index is 241. The van der Waals surface area contributed by atoms with Crippen LogP contribution in [0.2, 0.25) is 5.02 Å². The molecule has 4 heteroatoms. The predicted octanol–water partition coefficient (Wildman–Crippen LogP) is 1.77. The lowest BCUT2D eigenvalue weighted by Crippen LogP contribution is -1.87. The lowest BCUT2D eigenvalue weighted by molar-refractivity contribution is 0.476. The largest absolute Gasteiger partial charge is 0.504 e. The summed E-state index contributed by atoms with van der Waals surface area (Å²) in [6.45, 7) is 0. The third-order valence-electron chi connectivity index (χ3n) is 1.06. The van der Waals surface area contributed by atoms with Gasteiger partial charge in [-0.25, -0.2) is 4.39 Å². The van der Waals surface area contributed by atoms with Crippen molar-refractivity contribution in [3.05, 3.63) is 23.0 Å². The molecule has 1 aromatic rings. The number of hydrogen-bond acceptors (Lipinski definition) is 2. The third-order valence-corrected chi connectivity index (χ3v) is 1.35. The molecular formula is C6H5ClFNO. The monoisotopic (exact) mass is 161 g/mol. The summed E-state index contributed by atoms with van der Waals surface area (Å²) in [6.07, 6.45) is 0. The van der Waals surface area contributed by atoms with Gasteiger partial charge in [0.05, 0.1) is 10.7 Å². The first-order valence-corrected chi connectivity index (χ1v) is 2.92. The SMILES string of the molecule is Nc1cc(F)cc(Cl)c1O. The zero-order valence-corrected chi connectivity index (χ0v) is 5.69. The summed E-state index contributed by atoms with van der Waals surface area (Å²) in [6, 6.07) is 1.99. The van der Waals surface area contributed by atoms with E-state index in [4.69, 9.17) is 22.4 Å². The van der Waals surface area contributed by atoms with Crippen molar-refractivity contribution < 1.29 is 9.50 Å². The molecule has 0 heterocycles. The van der Waals surface area contributed by atoms with Crippen molar-refractivity contribution in [3.63, 3.8) is 0 Å². The number of aromatic hydroxyl groups is 1. The predicted molar refractivity (Wildman–Crippen MR) is 37.5 cm³/mol. The van der Waals surface area contributed by atoms with E-state index in [-0.39, 0.29) is 16.5 Å². The second-order valence-corrected chi connectivity index (χ2v) is 2.23. The van der Waals surface area contributed by atoms with E-state index in [0.717, 1.165) is 12.1 Å². The second-order valence-electron chi connectivity index (χ2n) is 1.83. The molecule has 0 aliphatic rings. The van der Waals surface area contributed by atoms with E-state index in [0.29, 0.717) is 0 Å². The highest BCUT2D eigenvalue weighted by Gasteiger charge is 2.03. The molecule has 0 aromatic heterocycles. The van der Waals surface area contributed by atoms with Crippen LogP contribution in [0.4, 0.5) is 10.1 Å². The van der Waals surface area contributed by atoms with E-state index in [1.165, 1.54) is 0 Å². The maximum absolute atomic E-state index is 12.3. The Balaban J connectivity index is 3.31. The molecular weight excluding hydrogens is 157 g/mol. The molecule has 0 unspecified atom stereocenters. The van der Waals surface area contributed by atoms with Crippen molar-refractivity contribution in [3.8, 4) is 5.75 Å². The molecule has 0 bridgehead atoms. The van der Waals surface area contributed by atoms with E-state index in [9.17, 15) is 4.39 Å². The van der Waals surface area contributed by atoms with Crippen molar-refractivity contribution in [2.45, 2.75) is 0 Å². The van der Waals surface area contributed by atoms with Gasteiger partial charge in [0.15, 0.2) is 5.75 Å². The molecule has 0 atom stereocenters. The molecule has 0 radical (unpaired) electrons. The Morgan fingerprint density at radius 2 is 2.10 bits per heavy atom. The Morgan fingerprint density at radius 3 is 2.60 bits per heavy atom. The number of anilines is 1. The van der Waals surface area contributed by atoms with Crippen LogP contribution in [0, 0.1) is 5.82 Å². The fourth-order valence-electron chi connectivity index (χ4n) is 0.586. The van der Waals surface area contributed by atoms with Gasteiger partial charge in [0.1, 0.15) is 5.82 Å². The van der Waals surface area contributed by atoms with Crippen molar-refractivity contribution in [1.29, 1.82) is 0 Å². The van der Waals surface area contributed by atoms with Crippen molar-refractivity contribution in [2.24, 2.45) is 0 Å². The van der Waals surface area contributed by atoms with Gasteiger partial charge < -0.3 is 10.8 Å².